The molecule has 0 radical (unpaired) electrons. The van der Waals surface area contributed by atoms with Crippen molar-refractivity contribution in [3.8, 4) is 0 Å². The summed E-state index contributed by atoms with van der Waals surface area (Å²) >= 11 is 0. The first-order valence-electron chi connectivity index (χ1n) is 8.22. The molecule has 0 aromatic carbocycles. The Morgan fingerprint density at radius 3 is 2.50 bits per heavy atom. The first kappa shape index (κ1) is 15.8. The Labute approximate surface area is 122 Å². The van der Waals surface area contributed by atoms with E-state index in [9.17, 15) is 9.90 Å². The number of hydrogen-bond donors (Lipinski definition) is 2. The average Bonchev–Trinajstić information content (AvgIpc) is 2.83. The summed E-state index contributed by atoms with van der Waals surface area (Å²) < 4.78 is 0. The molecule has 0 amide bonds. The standard InChI is InChI=1S/C16H30N2O2/c1-4-13-6-9-18(10-7-13)14-5-8-16(11-14,15(19)20)17-12(2)3/h12-14,17H,4-11H2,1-3H3,(H,19,20). The van der Waals surface area contributed by atoms with Gasteiger partial charge in [-0.2, -0.15) is 0 Å². The predicted molar refractivity (Wildman–Crippen MR) is 80.9 cm³/mol. The van der Waals surface area contributed by atoms with Gasteiger partial charge < -0.3 is 10.0 Å². The number of carboxylic acids is 1. The second-order valence-corrected chi connectivity index (χ2v) is 6.97. The Hall–Kier alpha value is -0.610. The highest BCUT2D eigenvalue weighted by atomic mass is 16.4. The molecule has 2 N–H and O–H groups in total. The van der Waals surface area contributed by atoms with Crippen molar-refractivity contribution in [3.63, 3.8) is 0 Å². The van der Waals surface area contributed by atoms with E-state index in [0.717, 1.165) is 38.3 Å². The van der Waals surface area contributed by atoms with Gasteiger partial charge in [0.25, 0.3) is 0 Å². The smallest absolute Gasteiger partial charge is 0.323 e. The molecule has 1 saturated carbocycles. The third kappa shape index (κ3) is 3.34. The van der Waals surface area contributed by atoms with Gasteiger partial charge in [-0.05, 0) is 65.0 Å². The van der Waals surface area contributed by atoms with E-state index in [1.165, 1.54) is 19.3 Å². The average molecular weight is 282 g/mol. The van der Waals surface area contributed by atoms with Gasteiger partial charge in [-0.1, -0.05) is 13.3 Å². The van der Waals surface area contributed by atoms with E-state index in [1.807, 2.05) is 13.8 Å². The van der Waals surface area contributed by atoms with Crippen molar-refractivity contribution in [2.24, 2.45) is 5.92 Å². The molecule has 4 nitrogen and oxygen atoms in total. The zero-order valence-corrected chi connectivity index (χ0v) is 13.2. The Morgan fingerprint density at radius 2 is 2.00 bits per heavy atom. The Bertz CT molecular complexity index is 337. The number of rotatable bonds is 5. The summed E-state index contributed by atoms with van der Waals surface area (Å²) in [5.41, 5.74) is -0.694. The molecule has 1 heterocycles. The molecule has 20 heavy (non-hydrogen) atoms. The van der Waals surface area contributed by atoms with Gasteiger partial charge in [-0.3, -0.25) is 10.1 Å². The minimum absolute atomic E-state index is 0.218. The van der Waals surface area contributed by atoms with Crippen LogP contribution in [0, 0.1) is 5.92 Å². The lowest BCUT2D eigenvalue weighted by Gasteiger charge is -2.37. The molecule has 0 spiro atoms. The molecule has 0 aromatic heterocycles. The van der Waals surface area contributed by atoms with E-state index in [4.69, 9.17) is 0 Å². The molecule has 2 atom stereocenters. The molecule has 2 rings (SSSR count). The fourth-order valence-electron chi connectivity index (χ4n) is 4.00. The molecular formula is C16H30N2O2. The largest absolute Gasteiger partial charge is 0.480 e. The van der Waals surface area contributed by atoms with E-state index in [2.05, 4.69) is 17.1 Å². The van der Waals surface area contributed by atoms with Crippen LogP contribution < -0.4 is 5.32 Å². The molecule has 2 unspecified atom stereocenters. The van der Waals surface area contributed by atoms with Crippen LogP contribution in [0.2, 0.25) is 0 Å². The second-order valence-electron chi connectivity index (χ2n) is 6.97. The molecular weight excluding hydrogens is 252 g/mol. The van der Waals surface area contributed by atoms with Crippen LogP contribution in [-0.2, 0) is 4.79 Å². The minimum atomic E-state index is -0.694. The molecule has 116 valence electrons. The highest BCUT2D eigenvalue weighted by Crippen LogP contribution is 2.36. The van der Waals surface area contributed by atoms with Crippen LogP contribution in [0.25, 0.3) is 0 Å². The van der Waals surface area contributed by atoms with E-state index < -0.39 is 11.5 Å². The number of piperidine rings is 1. The first-order chi connectivity index (χ1) is 9.47. The molecule has 1 aliphatic carbocycles. The number of aliphatic carboxylic acids is 1. The fourth-order valence-corrected chi connectivity index (χ4v) is 4.00. The van der Waals surface area contributed by atoms with Gasteiger partial charge in [0.15, 0.2) is 0 Å². The van der Waals surface area contributed by atoms with Gasteiger partial charge in [0.05, 0.1) is 0 Å². The summed E-state index contributed by atoms with van der Waals surface area (Å²) in [6, 6.07) is 0.672. The van der Waals surface area contributed by atoms with Gasteiger partial charge >= 0.3 is 5.97 Å². The van der Waals surface area contributed by atoms with Gasteiger partial charge in [-0.25, -0.2) is 0 Å². The lowest BCUT2D eigenvalue weighted by molar-refractivity contribution is -0.145. The summed E-state index contributed by atoms with van der Waals surface area (Å²) in [5.74, 6) is 0.211. The summed E-state index contributed by atoms with van der Waals surface area (Å²) in [7, 11) is 0. The van der Waals surface area contributed by atoms with Gasteiger partial charge in [0.1, 0.15) is 5.54 Å². The summed E-state index contributed by atoms with van der Waals surface area (Å²) in [4.78, 5) is 14.2. The molecule has 4 heteroatoms. The summed E-state index contributed by atoms with van der Waals surface area (Å²) in [5, 5.41) is 12.9. The van der Waals surface area contributed by atoms with Crippen molar-refractivity contribution in [2.75, 3.05) is 13.1 Å². The molecule has 0 aromatic rings. The number of likely N-dealkylation sites (tertiary alicyclic amines) is 1. The normalized spacial score (nSPS) is 32.9. The second kappa shape index (κ2) is 6.44. The summed E-state index contributed by atoms with van der Waals surface area (Å²) in [6.07, 6.45) is 6.39. The predicted octanol–water partition coefficient (Wildman–Crippen LogP) is 2.48. The third-order valence-corrected chi connectivity index (χ3v) is 5.21. The number of nitrogens with zero attached hydrogens (tertiary/aromatic N) is 1. The van der Waals surface area contributed by atoms with Crippen LogP contribution in [-0.4, -0.2) is 46.7 Å². The van der Waals surface area contributed by atoms with Crippen LogP contribution in [0.1, 0.15) is 59.3 Å². The van der Waals surface area contributed by atoms with Gasteiger partial charge in [-0.15, -0.1) is 0 Å². The quantitative estimate of drug-likeness (QED) is 0.813. The van der Waals surface area contributed by atoms with Gasteiger partial charge in [0, 0.05) is 12.1 Å². The Balaban J connectivity index is 1.95. The number of carbonyl (C=O) groups is 1. The molecule has 1 aliphatic heterocycles. The fraction of sp³-hybridized carbons (Fsp3) is 0.938. The maximum atomic E-state index is 11.7. The maximum Gasteiger partial charge on any atom is 0.323 e. The SMILES string of the molecule is CCC1CCN(C2CCC(NC(C)C)(C(=O)O)C2)CC1. The van der Waals surface area contributed by atoms with Crippen LogP contribution in [0.4, 0.5) is 0 Å². The molecule has 2 aliphatic rings. The van der Waals surface area contributed by atoms with Crippen molar-refractivity contribution < 1.29 is 9.90 Å². The lowest BCUT2D eigenvalue weighted by Crippen LogP contribution is -2.54. The highest BCUT2D eigenvalue weighted by molar-refractivity contribution is 5.79. The molecule has 0 bridgehead atoms. The van der Waals surface area contributed by atoms with E-state index >= 15 is 0 Å². The van der Waals surface area contributed by atoms with Crippen molar-refractivity contribution in [1.29, 1.82) is 0 Å². The topological polar surface area (TPSA) is 52.6 Å². The van der Waals surface area contributed by atoms with E-state index in [-0.39, 0.29) is 6.04 Å². The van der Waals surface area contributed by atoms with Crippen LogP contribution >= 0.6 is 0 Å². The van der Waals surface area contributed by atoms with Crippen molar-refractivity contribution in [2.45, 2.75) is 76.9 Å². The number of carboxylic acid groups (broad SMARTS) is 1. The Morgan fingerprint density at radius 1 is 1.35 bits per heavy atom. The zero-order chi connectivity index (χ0) is 14.8. The Kier molecular flexibility index (Phi) is 5.08. The maximum absolute atomic E-state index is 11.7. The minimum Gasteiger partial charge on any atom is -0.480 e. The molecule has 2 fully saturated rings. The van der Waals surface area contributed by atoms with Crippen LogP contribution in [0.3, 0.4) is 0 Å². The number of hydrogen-bond acceptors (Lipinski definition) is 3. The van der Waals surface area contributed by atoms with Gasteiger partial charge in [0.2, 0.25) is 0 Å². The third-order valence-electron chi connectivity index (χ3n) is 5.21. The van der Waals surface area contributed by atoms with Crippen LogP contribution in [0.5, 0.6) is 0 Å². The van der Waals surface area contributed by atoms with Crippen molar-refractivity contribution in [3.05, 3.63) is 0 Å². The summed E-state index contributed by atoms with van der Waals surface area (Å²) in [6.45, 7) is 8.65. The lowest BCUT2D eigenvalue weighted by atomic mass is 9.92. The number of nitrogens with one attached hydrogen (secondary N) is 1. The zero-order valence-electron chi connectivity index (χ0n) is 13.2. The van der Waals surface area contributed by atoms with Crippen LogP contribution in [0.15, 0.2) is 0 Å². The van der Waals surface area contributed by atoms with Crippen molar-refractivity contribution in [1.82, 2.24) is 10.2 Å². The van der Waals surface area contributed by atoms with E-state index in [1.54, 1.807) is 0 Å². The molecule has 1 saturated heterocycles. The van der Waals surface area contributed by atoms with Crippen molar-refractivity contribution >= 4 is 5.97 Å². The monoisotopic (exact) mass is 282 g/mol. The van der Waals surface area contributed by atoms with E-state index in [0.29, 0.717) is 6.04 Å². The first-order valence-corrected chi connectivity index (χ1v) is 8.22. The highest BCUT2D eigenvalue weighted by Gasteiger charge is 2.47.